The molecule has 1 aliphatic heterocycles. The highest BCUT2D eigenvalue weighted by Crippen LogP contribution is 2.26. The first kappa shape index (κ1) is 27.9. The van der Waals surface area contributed by atoms with Crippen LogP contribution in [-0.2, 0) is 16.6 Å². The lowest BCUT2D eigenvalue weighted by Crippen LogP contribution is -2.45. The standard InChI is InChI=1S/C32H31FN6O2S/c1-38(22-25-5-2-4-24-6-3-18-34-31(24)25)28-16-20-39(21-17-28)42(40,41)29-13-11-27(12-14-29)36-32-35-19-15-30(37-32)23-7-9-26(33)10-8-23/h2-15,18-19,28H,16-17,20-22H2,1H3,(H,35,36,37). The van der Waals surface area contributed by atoms with Crippen LogP contribution >= 0.6 is 0 Å². The quantitative estimate of drug-likeness (QED) is 0.245. The number of piperidine rings is 1. The summed E-state index contributed by atoms with van der Waals surface area (Å²) in [5.74, 6) is 0.0467. The second-order valence-electron chi connectivity index (χ2n) is 10.5. The number of rotatable bonds is 8. The van der Waals surface area contributed by atoms with Crippen LogP contribution in [0.2, 0.25) is 0 Å². The Bertz CT molecular complexity index is 1790. The number of fused-ring (bicyclic) bond motifs is 1. The molecule has 3 aromatic carbocycles. The third-order valence-electron chi connectivity index (χ3n) is 7.73. The van der Waals surface area contributed by atoms with Gasteiger partial charge in [-0.25, -0.2) is 22.8 Å². The Hall–Kier alpha value is -4.25. The van der Waals surface area contributed by atoms with Gasteiger partial charge in [0.2, 0.25) is 16.0 Å². The number of anilines is 2. The molecule has 42 heavy (non-hydrogen) atoms. The summed E-state index contributed by atoms with van der Waals surface area (Å²) >= 11 is 0. The third kappa shape index (κ3) is 6.01. The minimum atomic E-state index is -3.62. The molecule has 10 heteroatoms. The Morgan fingerprint density at radius 1 is 0.905 bits per heavy atom. The normalized spacial score (nSPS) is 14.8. The van der Waals surface area contributed by atoms with Crippen LogP contribution < -0.4 is 5.32 Å². The molecule has 0 atom stereocenters. The molecule has 0 aliphatic carbocycles. The van der Waals surface area contributed by atoms with Gasteiger partial charge in [-0.2, -0.15) is 4.31 Å². The molecule has 0 amide bonds. The van der Waals surface area contributed by atoms with Crippen molar-refractivity contribution in [1.82, 2.24) is 24.2 Å². The van der Waals surface area contributed by atoms with E-state index >= 15 is 0 Å². The molecule has 0 saturated carbocycles. The predicted molar refractivity (Wildman–Crippen MR) is 162 cm³/mol. The number of benzene rings is 3. The maximum absolute atomic E-state index is 13.4. The van der Waals surface area contributed by atoms with Crippen LogP contribution in [0.25, 0.3) is 22.2 Å². The molecule has 2 aromatic heterocycles. The smallest absolute Gasteiger partial charge is 0.243 e. The lowest BCUT2D eigenvalue weighted by molar-refractivity contribution is 0.162. The summed E-state index contributed by atoms with van der Waals surface area (Å²) in [5.41, 5.74) is 4.26. The average molecular weight is 583 g/mol. The van der Waals surface area contributed by atoms with Crippen molar-refractivity contribution in [3.8, 4) is 11.3 Å². The number of sulfonamides is 1. The zero-order valence-electron chi connectivity index (χ0n) is 23.2. The Morgan fingerprint density at radius 2 is 1.64 bits per heavy atom. The molecule has 3 heterocycles. The van der Waals surface area contributed by atoms with Gasteiger partial charge in [0.15, 0.2) is 0 Å². The summed E-state index contributed by atoms with van der Waals surface area (Å²) in [5, 5.41) is 4.24. The van der Waals surface area contributed by atoms with Gasteiger partial charge < -0.3 is 5.32 Å². The van der Waals surface area contributed by atoms with Crippen LogP contribution in [0.4, 0.5) is 16.0 Å². The number of nitrogens with zero attached hydrogens (tertiary/aromatic N) is 5. The average Bonchev–Trinajstić information content (AvgIpc) is 3.02. The monoisotopic (exact) mass is 582 g/mol. The van der Waals surface area contributed by atoms with E-state index in [9.17, 15) is 12.8 Å². The number of nitrogens with one attached hydrogen (secondary N) is 1. The zero-order chi connectivity index (χ0) is 29.1. The van der Waals surface area contributed by atoms with Gasteiger partial charge in [0.05, 0.1) is 16.1 Å². The minimum absolute atomic E-state index is 0.252. The van der Waals surface area contributed by atoms with Crippen molar-refractivity contribution in [3.05, 3.63) is 109 Å². The van der Waals surface area contributed by atoms with Crippen molar-refractivity contribution in [2.24, 2.45) is 0 Å². The van der Waals surface area contributed by atoms with Crippen molar-refractivity contribution in [1.29, 1.82) is 0 Å². The van der Waals surface area contributed by atoms with Gasteiger partial charge in [0, 0.05) is 54.7 Å². The van der Waals surface area contributed by atoms with E-state index in [1.807, 2.05) is 12.3 Å². The molecule has 1 saturated heterocycles. The van der Waals surface area contributed by atoms with E-state index in [1.165, 1.54) is 17.7 Å². The predicted octanol–water partition coefficient (Wildman–Crippen LogP) is 5.86. The number of halogens is 1. The fourth-order valence-electron chi connectivity index (χ4n) is 5.40. The van der Waals surface area contributed by atoms with Gasteiger partial charge >= 0.3 is 0 Å². The summed E-state index contributed by atoms with van der Waals surface area (Å²) in [6.07, 6.45) is 4.95. The zero-order valence-corrected chi connectivity index (χ0v) is 24.0. The van der Waals surface area contributed by atoms with Crippen LogP contribution in [0, 0.1) is 5.82 Å². The van der Waals surface area contributed by atoms with Gasteiger partial charge in [-0.15, -0.1) is 0 Å². The number of aromatic nitrogens is 3. The fourth-order valence-corrected chi connectivity index (χ4v) is 6.87. The minimum Gasteiger partial charge on any atom is -0.324 e. The van der Waals surface area contributed by atoms with E-state index in [2.05, 4.69) is 56.5 Å². The van der Waals surface area contributed by atoms with Crippen molar-refractivity contribution in [2.75, 3.05) is 25.5 Å². The van der Waals surface area contributed by atoms with E-state index < -0.39 is 10.0 Å². The van der Waals surface area contributed by atoms with Crippen molar-refractivity contribution in [2.45, 2.75) is 30.3 Å². The topological polar surface area (TPSA) is 91.3 Å². The maximum Gasteiger partial charge on any atom is 0.243 e. The van der Waals surface area contributed by atoms with E-state index in [1.54, 1.807) is 53.0 Å². The molecule has 0 unspecified atom stereocenters. The molecule has 1 fully saturated rings. The summed E-state index contributed by atoms with van der Waals surface area (Å²) < 4.78 is 41.7. The number of hydrogen-bond donors (Lipinski definition) is 1. The molecule has 8 nitrogen and oxygen atoms in total. The van der Waals surface area contributed by atoms with E-state index in [4.69, 9.17) is 0 Å². The van der Waals surface area contributed by atoms with Crippen molar-refractivity contribution in [3.63, 3.8) is 0 Å². The first-order chi connectivity index (χ1) is 20.4. The lowest BCUT2D eigenvalue weighted by atomic mass is 10.0. The van der Waals surface area contributed by atoms with Gasteiger partial charge in [0.1, 0.15) is 5.82 Å². The number of hydrogen-bond acceptors (Lipinski definition) is 7. The Kier molecular flexibility index (Phi) is 7.92. The lowest BCUT2D eigenvalue weighted by Gasteiger charge is -2.36. The first-order valence-electron chi connectivity index (χ1n) is 13.9. The summed E-state index contributed by atoms with van der Waals surface area (Å²) in [7, 11) is -1.52. The van der Waals surface area contributed by atoms with E-state index in [0.29, 0.717) is 30.4 Å². The molecule has 1 N–H and O–H groups in total. The second-order valence-corrected chi connectivity index (χ2v) is 12.4. The SMILES string of the molecule is CN(Cc1cccc2cccnc12)C1CCN(S(=O)(=O)c2ccc(Nc3nccc(-c4ccc(F)cc4)n3)cc2)CC1. The Labute approximate surface area is 244 Å². The van der Waals surface area contributed by atoms with Gasteiger partial charge in [-0.1, -0.05) is 24.3 Å². The first-order valence-corrected chi connectivity index (χ1v) is 15.3. The summed E-state index contributed by atoms with van der Waals surface area (Å²) in [6, 6.07) is 25.0. The molecule has 214 valence electrons. The van der Waals surface area contributed by atoms with Gasteiger partial charge in [-0.05, 0) is 86.1 Å². The molecule has 0 radical (unpaired) electrons. The fraction of sp³-hybridized carbons (Fsp3) is 0.219. The maximum atomic E-state index is 13.4. The highest BCUT2D eigenvalue weighted by Gasteiger charge is 2.31. The largest absolute Gasteiger partial charge is 0.324 e. The van der Waals surface area contributed by atoms with E-state index in [0.717, 1.165) is 35.9 Å². The Balaban J connectivity index is 1.07. The van der Waals surface area contributed by atoms with Crippen molar-refractivity contribution >= 4 is 32.6 Å². The molecule has 6 rings (SSSR count). The molecular weight excluding hydrogens is 551 g/mol. The molecule has 1 aliphatic rings. The second kappa shape index (κ2) is 11.9. The van der Waals surface area contributed by atoms with Crippen LogP contribution in [-0.4, -0.2) is 58.8 Å². The third-order valence-corrected chi connectivity index (χ3v) is 9.64. The number of pyridine rings is 1. The van der Waals surface area contributed by atoms with Gasteiger partial charge in [0.25, 0.3) is 0 Å². The number of para-hydroxylation sites is 1. The van der Waals surface area contributed by atoms with Crippen LogP contribution in [0.5, 0.6) is 0 Å². The highest BCUT2D eigenvalue weighted by atomic mass is 32.2. The van der Waals surface area contributed by atoms with Crippen LogP contribution in [0.15, 0.2) is 102 Å². The van der Waals surface area contributed by atoms with E-state index in [-0.39, 0.29) is 16.8 Å². The Morgan fingerprint density at radius 3 is 2.40 bits per heavy atom. The highest BCUT2D eigenvalue weighted by molar-refractivity contribution is 7.89. The molecule has 0 bridgehead atoms. The van der Waals surface area contributed by atoms with Crippen LogP contribution in [0.1, 0.15) is 18.4 Å². The van der Waals surface area contributed by atoms with Crippen molar-refractivity contribution < 1.29 is 12.8 Å². The van der Waals surface area contributed by atoms with Crippen LogP contribution in [0.3, 0.4) is 0 Å². The molecule has 0 spiro atoms. The summed E-state index contributed by atoms with van der Waals surface area (Å²) in [4.78, 5) is 15.9. The molecular formula is C32H31FN6O2S. The molecule has 5 aromatic rings. The summed E-state index contributed by atoms with van der Waals surface area (Å²) in [6.45, 7) is 1.70. The van der Waals surface area contributed by atoms with Gasteiger partial charge in [-0.3, -0.25) is 9.88 Å².